The Morgan fingerprint density at radius 1 is 0.780 bits per heavy atom. The van der Waals surface area contributed by atoms with E-state index < -0.39 is 102 Å². The Hall–Kier alpha value is -7.54. The molecule has 434 valence electrons. The van der Waals surface area contributed by atoms with Crippen LogP contribution in [0.4, 0.5) is 0 Å². The maximum atomic E-state index is 15.1. The normalized spacial score (nSPS) is 21.0. The predicted octanol–water partition coefficient (Wildman–Crippen LogP) is 2.09. The molecule has 3 heterocycles. The standard InChI is InChI=1S/C58H69ClN12O9S2/c1-33(72)50-57(79)68-47(55(77)66-45(51(62)73)26-35-16-19-37-11-3-4-12-38(37)24-35)31-81-82-32-48(69-52(74)42(61)25-34-17-20-40(59)21-18-34)58(80)71(2)49(27-36-10-9-23-63-29-36)56(78)67-46(28-39-30-64-43-14-6-5-13-41(39)43)54(76)65-44(53(75)70-50)15-7-8-22-60/h3-6,9-14,16-21,23-24,29-30,33,42,44-50,64,72H,7-8,15,22,25-28,31-32,60-61H2,1-2H3,(H2,62,73)(H,65,76)(H,66,77)(H,67,78)(H,68,79)(H,69,74)(H,70,75)/t33-,42+,44+,45+,46?,47?,48?,49+,50+/m1/s1. The van der Waals surface area contributed by atoms with Crippen LogP contribution < -0.4 is 49.1 Å². The zero-order valence-electron chi connectivity index (χ0n) is 45.3. The molecule has 82 heavy (non-hydrogen) atoms. The zero-order valence-corrected chi connectivity index (χ0v) is 47.7. The number of H-pyrrole nitrogens is 1. The summed E-state index contributed by atoms with van der Waals surface area (Å²) in [7, 11) is 3.45. The molecule has 4 aromatic carbocycles. The number of aromatic amines is 1. The van der Waals surface area contributed by atoms with Gasteiger partial charge < -0.3 is 64.1 Å². The summed E-state index contributed by atoms with van der Waals surface area (Å²) >= 11 is 6.12. The summed E-state index contributed by atoms with van der Waals surface area (Å²) in [6, 6.07) is 19.5. The summed E-state index contributed by atoms with van der Waals surface area (Å²) in [5, 5.41) is 30.6. The van der Waals surface area contributed by atoms with E-state index in [0.717, 1.165) is 43.3 Å². The van der Waals surface area contributed by atoms with Crippen LogP contribution in [-0.2, 0) is 64.0 Å². The first-order chi connectivity index (χ1) is 39.4. The van der Waals surface area contributed by atoms with Crippen LogP contribution >= 0.6 is 33.2 Å². The van der Waals surface area contributed by atoms with Crippen LogP contribution in [-0.4, -0.2) is 147 Å². The highest BCUT2D eigenvalue weighted by Crippen LogP contribution is 2.26. The molecular formula is C58H69ClN12O9S2. The number of nitrogens with two attached hydrogens (primary N) is 3. The molecule has 1 saturated heterocycles. The van der Waals surface area contributed by atoms with E-state index in [2.05, 4.69) is 41.9 Å². The molecule has 1 aliphatic rings. The number of carbonyl (C=O) groups is 8. The number of benzene rings is 4. The number of aromatic nitrogens is 2. The lowest BCUT2D eigenvalue weighted by Gasteiger charge is -2.33. The molecule has 0 bridgehead atoms. The second-order valence-corrected chi connectivity index (χ2v) is 23.2. The Labute approximate surface area is 487 Å². The molecule has 3 unspecified atom stereocenters. The van der Waals surface area contributed by atoms with Gasteiger partial charge in [-0.05, 0) is 96.4 Å². The lowest BCUT2D eigenvalue weighted by molar-refractivity contribution is -0.142. The topological polar surface area (TPSA) is 339 Å². The van der Waals surface area contributed by atoms with Crippen molar-refractivity contribution in [2.45, 2.75) is 106 Å². The molecule has 0 spiro atoms. The number of primary amides is 1. The average molecular weight is 1180 g/mol. The van der Waals surface area contributed by atoms with Crippen molar-refractivity contribution < 1.29 is 43.5 Å². The van der Waals surface area contributed by atoms with Gasteiger partial charge in [-0.2, -0.15) is 0 Å². The third kappa shape index (κ3) is 17.2. The zero-order chi connectivity index (χ0) is 58.9. The largest absolute Gasteiger partial charge is 0.391 e. The second-order valence-electron chi connectivity index (χ2n) is 20.2. The van der Waals surface area contributed by atoms with Gasteiger partial charge in [-0.1, -0.05) is 112 Å². The van der Waals surface area contributed by atoms with E-state index in [4.69, 9.17) is 28.8 Å². The molecule has 24 heteroatoms. The molecule has 8 amide bonds. The summed E-state index contributed by atoms with van der Waals surface area (Å²) in [6.07, 6.45) is 3.86. The van der Waals surface area contributed by atoms with Crippen molar-refractivity contribution in [3.63, 3.8) is 0 Å². The third-order valence-electron chi connectivity index (χ3n) is 14.1. The van der Waals surface area contributed by atoms with E-state index >= 15 is 9.59 Å². The summed E-state index contributed by atoms with van der Waals surface area (Å²) < 4.78 is 0. The number of nitrogens with one attached hydrogen (secondary N) is 7. The summed E-state index contributed by atoms with van der Waals surface area (Å²) in [5.74, 6) is -7.01. The molecule has 1 aliphatic heterocycles. The Morgan fingerprint density at radius 3 is 2.20 bits per heavy atom. The van der Waals surface area contributed by atoms with Crippen molar-refractivity contribution in [2.24, 2.45) is 17.2 Å². The SMILES string of the molecule is C[C@@H](O)[C@@H]1NC(=O)[C@H](CCCCN)NC(=O)C(Cc2c[nH]c3ccccc23)NC(=O)[C@H](Cc2cccnc2)N(C)C(=O)C(NC(=O)[C@@H](N)Cc2ccc(Cl)cc2)CSSCC(C(=O)N[C@@H](Cc2ccc3ccccc3c2)C(N)=O)NC1=O. The lowest BCUT2D eigenvalue weighted by atomic mass is 10.0. The first kappa shape index (κ1) is 62.1. The second kappa shape index (κ2) is 30.0. The molecule has 21 nitrogen and oxygen atoms in total. The number of aliphatic hydroxyl groups is 1. The molecule has 14 N–H and O–H groups in total. The first-order valence-corrected chi connectivity index (χ1v) is 29.7. The highest BCUT2D eigenvalue weighted by Gasteiger charge is 2.38. The molecule has 0 aliphatic carbocycles. The van der Waals surface area contributed by atoms with Gasteiger partial charge in [0.1, 0.15) is 42.3 Å². The minimum Gasteiger partial charge on any atom is -0.391 e. The van der Waals surface area contributed by atoms with E-state index in [-0.39, 0.29) is 50.2 Å². The number of halogens is 1. The Balaban J connectivity index is 1.26. The van der Waals surface area contributed by atoms with Crippen molar-refractivity contribution in [3.05, 3.63) is 149 Å². The molecule has 1 fully saturated rings. The number of likely N-dealkylation sites (N-methyl/N-ethyl adjacent to an activating group) is 1. The van der Waals surface area contributed by atoms with Crippen LogP contribution in [0.5, 0.6) is 0 Å². The molecule has 6 aromatic rings. The van der Waals surface area contributed by atoms with Gasteiger partial charge in [0.15, 0.2) is 0 Å². The van der Waals surface area contributed by atoms with Crippen LogP contribution in [0.1, 0.15) is 48.4 Å². The summed E-state index contributed by atoms with van der Waals surface area (Å²) in [6.45, 7) is 1.51. The molecule has 0 radical (unpaired) electrons. The van der Waals surface area contributed by atoms with Gasteiger partial charge in [-0.25, -0.2) is 0 Å². The number of aliphatic hydroxyl groups excluding tert-OH is 1. The summed E-state index contributed by atoms with van der Waals surface area (Å²) in [5.41, 5.74) is 21.5. The highest BCUT2D eigenvalue weighted by molar-refractivity contribution is 8.76. The van der Waals surface area contributed by atoms with E-state index in [0.29, 0.717) is 40.1 Å². The number of fused-ring (bicyclic) bond motifs is 2. The van der Waals surface area contributed by atoms with Gasteiger partial charge >= 0.3 is 0 Å². The molecular weight excluding hydrogens is 1110 g/mol. The van der Waals surface area contributed by atoms with Gasteiger partial charge in [0.2, 0.25) is 47.3 Å². The Bertz CT molecular complexity index is 3210. The molecule has 9 atom stereocenters. The number of carbonyl (C=O) groups excluding carboxylic acids is 8. The van der Waals surface area contributed by atoms with Crippen LogP contribution in [0.3, 0.4) is 0 Å². The monoisotopic (exact) mass is 1180 g/mol. The van der Waals surface area contributed by atoms with Gasteiger partial charge in [0.25, 0.3) is 0 Å². The Kier molecular flexibility index (Phi) is 22.7. The van der Waals surface area contributed by atoms with Crippen molar-refractivity contribution in [2.75, 3.05) is 25.1 Å². The number of amides is 8. The van der Waals surface area contributed by atoms with E-state index in [1.807, 2.05) is 60.7 Å². The third-order valence-corrected chi connectivity index (χ3v) is 16.7. The van der Waals surface area contributed by atoms with E-state index in [9.17, 15) is 33.9 Å². The summed E-state index contributed by atoms with van der Waals surface area (Å²) in [4.78, 5) is 124. The minimum atomic E-state index is -1.70. The van der Waals surface area contributed by atoms with E-state index in [1.54, 1.807) is 54.9 Å². The Morgan fingerprint density at radius 2 is 1.48 bits per heavy atom. The van der Waals surface area contributed by atoms with Crippen molar-refractivity contribution in [3.8, 4) is 0 Å². The van der Waals surface area contributed by atoms with E-state index in [1.165, 1.54) is 25.1 Å². The molecule has 0 saturated carbocycles. The number of pyridine rings is 1. The maximum Gasteiger partial charge on any atom is 0.246 e. The fourth-order valence-electron chi connectivity index (χ4n) is 9.43. The van der Waals surface area contributed by atoms with Gasteiger partial charge in [-0.3, -0.25) is 43.3 Å². The predicted molar refractivity (Wildman–Crippen MR) is 318 cm³/mol. The van der Waals surface area contributed by atoms with Gasteiger partial charge in [0.05, 0.1) is 12.1 Å². The number of nitrogens with zero attached hydrogens (tertiary/aromatic N) is 2. The van der Waals surface area contributed by atoms with Crippen LogP contribution in [0.25, 0.3) is 21.7 Å². The number of rotatable bonds is 18. The maximum absolute atomic E-state index is 15.1. The van der Waals surface area contributed by atoms with Crippen LogP contribution in [0.15, 0.2) is 122 Å². The quantitative estimate of drug-likeness (QED) is 0.0434. The number of hydrogen-bond donors (Lipinski definition) is 11. The number of para-hydroxylation sites is 1. The lowest BCUT2D eigenvalue weighted by Crippen LogP contribution is -2.62. The van der Waals surface area contributed by atoms with Gasteiger partial charge in [0, 0.05) is 72.3 Å². The van der Waals surface area contributed by atoms with Crippen molar-refractivity contribution in [1.82, 2.24) is 46.8 Å². The fourth-order valence-corrected chi connectivity index (χ4v) is 11.9. The first-order valence-electron chi connectivity index (χ1n) is 26.8. The van der Waals surface area contributed by atoms with Gasteiger partial charge in [-0.15, -0.1) is 0 Å². The average Bonchev–Trinajstić information content (AvgIpc) is 3.88. The number of hydrogen-bond acceptors (Lipinski definition) is 14. The van der Waals surface area contributed by atoms with Crippen molar-refractivity contribution in [1.29, 1.82) is 0 Å². The fraction of sp³-hybridized carbons (Fsp3) is 0.362. The van der Waals surface area contributed by atoms with Crippen LogP contribution in [0, 0.1) is 0 Å². The highest BCUT2D eigenvalue weighted by atomic mass is 35.5. The van der Waals surface area contributed by atoms with Crippen molar-refractivity contribution >= 4 is 102 Å². The molecule has 7 rings (SSSR count). The minimum absolute atomic E-state index is 0.0125. The molecule has 2 aromatic heterocycles. The number of unbranched alkanes of at least 4 members (excludes halogenated alkanes) is 1. The van der Waals surface area contributed by atoms with Crippen LogP contribution in [0.2, 0.25) is 5.02 Å². The smallest absolute Gasteiger partial charge is 0.246 e.